The van der Waals surface area contributed by atoms with E-state index in [9.17, 15) is 19.2 Å². The minimum absolute atomic E-state index is 0.234. The van der Waals surface area contributed by atoms with Crippen LogP contribution in [0, 0.1) is 0 Å². The zero-order valence-corrected chi connectivity index (χ0v) is 20.2. The molecule has 0 atom stereocenters. The molecule has 37 heavy (non-hydrogen) atoms. The monoisotopic (exact) mass is 490 g/mol. The van der Waals surface area contributed by atoms with E-state index in [0.717, 1.165) is 47.2 Å². The molecule has 4 aromatic carbocycles. The lowest BCUT2D eigenvalue weighted by atomic mass is 9.67. The molecule has 1 aliphatic rings. The predicted molar refractivity (Wildman–Crippen MR) is 136 cm³/mol. The second-order valence-corrected chi connectivity index (χ2v) is 8.79. The van der Waals surface area contributed by atoms with Gasteiger partial charge in [-0.25, -0.2) is 9.59 Å². The molecule has 0 N–H and O–H groups in total. The van der Waals surface area contributed by atoms with E-state index < -0.39 is 28.9 Å². The van der Waals surface area contributed by atoms with E-state index in [1.165, 1.54) is 0 Å². The molecule has 0 aliphatic heterocycles. The molecule has 0 unspecified atom stereocenters. The van der Waals surface area contributed by atoms with Gasteiger partial charge in [-0.15, -0.1) is 0 Å². The Hall–Kier alpha value is -4.84. The number of fused-ring (bicyclic) bond motifs is 3. The van der Waals surface area contributed by atoms with Gasteiger partial charge in [-0.3, -0.25) is 9.59 Å². The molecule has 6 heteroatoms. The van der Waals surface area contributed by atoms with E-state index in [1.54, 1.807) is 36.4 Å². The average molecular weight is 491 g/mol. The molecule has 0 heterocycles. The van der Waals surface area contributed by atoms with Gasteiger partial charge in [-0.2, -0.15) is 0 Å². The zero-order chi connectivity index (χ0) is 26.2. The summed E-state index contributed by atoms with van der Waals surface area (Å²) in [5.74, 6) is -2.82. The average Bonchev–Trinajstić information content (AvgIpc) is 3.20. The Morgan fingerprint density at radius 1 is 0.541 bits per heavy atom. The van der Waals surface area contributed by atoms with Gasteiger partial charge in [-0.05, 0) is 57.6 Å². The lowest BCUT2D eigenvalue weighted by molar-refractivity contribution is -0.146. The molecule has 0 bridgehead atoms. The van der Waals surface area contributed by atoms with E-state index in [0.29, 0.717) is 0 Å². The van der Waals surface area contributed by atoms with Crippen molar-refractivity contribution >= 4 is 23.5 Å². The Morgan fingerprint density at radius 3 is 1.35 bits per heavy atom. The fourth-order valence-corrected chi connectivity index (χ4v) is 4.97. The normalized spacial score (nSPS) is 12.7. The lowest BCUT2D eigenvalue weighted by Gasteiger charge is -2.34. The summed E-state index contributed by atoms with van der Waals surface area (Å²) in [6.45, 7) is 2.32. The first-order valence-electron chi connectivity index (χ1n) is 11.7. The second-order valence-electron chi connectivity index (χ2n) is 8.79. The Balaban J connectivity index is 1.79. The van der Waals surface area contributed by atoms with E-state index in [1.807, 2.05) is 48.5 Å². The van der Waals surface area contributed by atoms with Gasteiger partial charge in [0.25, 0.3) is 0 Å². The van der Waals surface area contributed by atoms with Crippen LogP contribution in [0.5, 0.6) is 11.5 Å². The molecule has 1 aliphatic carbocycles. The summed E-state index contributed by atoms with van der Waals surface area (Å²) in [6, 6.07) is 30.2. The Bertz CT molecular complexity index is 1460. The number of hydrogen-bond acceptors (Lipinski definition) is 6. The number of benzene rings is 4. The van der Waals surface area contributed by atoms with Crippen molar-refractivity contribution in [3.05, 3.63) is 119 Å². The summed E-state index contributed by atoms with van der Waals surface area (Å²) in [6.07, 6.45) is 0. The van der Waals surface area contributed by atoms with E-state index >= 15 is 0 Å². The summed E-state index contributed by atoms with van der Waals surface area (Å²) in [5, 5.41) is 0. The molecule has 0 saturated heterocycles. The van der Waals surface area contributed by atoms with Crippen LogP contribution in [0.25, 0.3) is 11.1 Å². The molecular formula is C31H22O6. The Morgan fingerprint density at radius 2 is 0.946 bits per heavy atom. The van der Waals surface area contributed by atoms with Crippen LogP contribution in [-0.2, 0) is 24.6 Å². The maximum Gasteiger partial charge on any atom is 0.379 e. The molecule has 0 radical (unpaired) electrons. The molecule has 182 valence electrons. The largest absolute Gasteiger partial charge is 0.421 e. The van der Waals surface area contributed by atoms with Gasteiger partial charge in [0, 0.05) is 13.8 Å². The number of esters is 2. The van der Waals surface area contributed by atoms with Crippen molar-refractivity contribution in [2.24, 2.45) is 0 Å². The fourth-order valence-electron chi connectivity index (χ4n) is 4.97. The molecular weight excluding hydrogens is 468 g/mol. The maximum atomic E-state index is 12.0. The quantitative estimate of drug-likeness (QED) is 0.188. The number of carbonyl (C=O) groups is 4. The van der Waals surface area contributed by atoms with Crippen molar-refractivity contribution in [3.63, 3.8) is 0 Å². The van der Waals surface area contributed by atoms with Crippen molar-refractivity contribution < 1.29 is 28.7 Å². The number of ether oxygens (including phenoxy) is 2. The molecule has 0 aromatic heterocycles. The molecule has 0 saturated carbocycles. The highest BCUT2D eigenvalue weighted by Crippen LogP contribution is 2.56. The standard InChI is InChI=1S/C31H22O6/c1-19(32)29(34)36-23-11-7-9-21(17-23)31(22-10-8-12-24(18-22)37-30(35)20(2)33)27-15-5-3-13-25(27)26-14-4-6-16-28(26)31/h3-18H,1-2H3. The second kappa shape index (κ2) is 9.32. The van der Waals surface area contributed by atoms with Crippen LogP contribution in [0.3, 0.4) is 0 Å². The molecule has 4 aromatic rings. The summed E-state index contributed by atoms with van der Waals surface area (Å²) in [7, 11) is 0. The third kappa shape index (κ3) is 4.02. The first kappa shape index (κ1) is 23.9. The smallest absolute Gasteiger partial charge is 0.379 e. The molecule has 5 rings (SSSR count). The SMILES string of the molecule is CC(=O)C(=O)Oc1cccc(C2(c3cccc(OC(=O)C(C)=O)c3)c3ccccc3-c3ccccc32)c1. The fraction of sp³-hybridized carbons (Fsp3) is 0.0968. The third-order valence-corrected chi connectivity index (χ3v) is 6.48. The van der Waals surface area contributed by atoms with Crippen LogP contribution >= 0.6 is 0 Å². The number of hydrogen-bond donors (Lipinski definition) is 0. The number of carbonyl (C=O) groups excluding carboxylic acids is 4. The van der Waals surface area contributed by atoms with Crippen LogP contribution < -0.4 is 9.47 Å². The van der Waals surface area contributed by atoms with Gasteiger partial charge in [-0.1, -0.05) is 72.8 Å². The van der Waals surface area contributed by atoms with Crippen molar-refractivity contribution in [2.45, 2.75) is 19.3 Å². The first-order chi connectivity index (χ1) is 17.8. The zero-order valence-electron chi connectivity index (χ0n) is 20.2. The van der Waals surface area contributed by atoms with Crippen LogP contribution in [0.2, 0.25) is 0 Å². The van der Waals surface area contributed by atoms with Crippen LogP contribution in [0.4, 0.5) is 0 Å². The van der Waals surface area contributed by atoms with Crippen molar-refractivity contribution in [3.8, 4) is 22.6 Å². The van der Waals surface area contributed by atoms with Gasteiger partial charge in [0.05, 0.1) is 5.41 Å². The topological polar surface area (TPSA) is 86.7 Å². The van der Waals surface area contributed by atoms with E-state index in [2.05, 4.69) is 12.1 Å². The first-order valence-corrected chi connectivity index (χ1v) is 11.7. The molecule has 0 spiro atoms. The van der Waals surface area contributed by atoms with Gasteiger partial charge in [0.15, 0.2) is 0 Å². The van der Waals surface area contributed by atoms with Crippen LogP contribution in [-0.4, -0.2) is 23.5 Å². The van der Waals surface area contributed by atoms with E-state index in [-0.39, 0.29) is 11.5 Å². The summed E-state index contributed by atoms with van der Waals surface area (Å²) in [4.78, 5) is 47.2. The number of rotatable bonds is 6. The lowest BCUT2D eigenvalue weighted by Crippen LogP contribution is -2.29. The van der Waals surface area contributed by atoms with Crippen LogP contribution in [0.1, 0.15) is 36.1 Å². The summed E-state index contributed by atoms with van der Waals surface area (Å²) < 4.78 is 10.7. The van der Waals surface area contributed by atoms with Crippen LogP contribution in [0.15, 0.2) is 97.1 Å². The van der Waals surface area contributed by atoms with Crippen molar-refractivity contribution in [1.82, 2.24) is 0 Å². The summed E-state index contributed by atoms with van der Waals surface area (Å²) >= 11 is 0. The Labute approximate surface area is 213 Å². The van der Waals surface area contributed by atoms with Gasteiger partial charge in [0.1, 0.15) is 11.5 Å². The highest BCUT2D eigenvalue weighted by atomic mass is 16.5. The third-order valence-electron chi connectivity index (χ3n) is 6.48. The summed E-state index contributed by atoms with van der Waals surface area (Å²) in [5.41, 5.74) is 4.75. The van der Waals surface area contributed by atoms with Gasteiger partial charge in [0.2, 0.25) is 11.6 Å². The van der Waals surface area contributed by atoms with Crippen molar-refractivity contribution in [2.75, 3.05) is 0 Å². The Kier molecular flexibility index (Phi) is 6.01. The minimum atomic E-state index is -0.948. The highest BCUT2D eigenvalue weighted by Gasteiger charge is 2.46. The minimum Gasteiger partial charge on any atom is -0.421 e. The van der Waals surface area contributed by atoms with Gasteiger partial charge >= 0.3 is 11.9 Å². The molecule has 6 nitrogen and oxygen atoms in total. The maximum absolute atomic E-state index is 12.0. The number of ketones is 2. The molecule has 0 amide bonds. The van der Waals surface area contributed by atoms with Crippen molar-refractivity contribution in [1.29, 1.82) is 0 Å². The number of Topliss-reactive ketones (excluding diaryl/α,β-unsaturated/α-hetero) is 2. The predicted octanol–water partition coefficient (Wildman–Crippen LogP) is 5.04. The molecule has 0 fully saturated rings. The van der Waals surface area contributed by atoms with E-state index in [4.69, 9.17) is 9.47 Å². The van der Waals surface area contributed by atoms with Gasteiger partial charge < -0.3 is 9.47 Å². The highest BCUT2D eigenvalue weighted by molar-refractivity contribution is 6.33.